The fourth-order valence-electron chi connectivity index (χ4n) is 6.73. The quantitative estimate of drug-likeness (QED) is 0.229. The lowest BCUT2D eigenvalue weighted by molar-refractivity contribution is -0.140. The highest BCUT2D eigenvalue weighted by Gasteiger charge is 2.33. The molecule has 5 amide bonds. The van der Waals surface area contributed by atoms with Gasteiger partial charge in [0.1, 0.15) is 42.8 Å². The Kier molecular flexibility index (Phi) is 13.9. The Morgan fingerprint density at radius 2 is 1.69 bits per heavy atom. The molecule has 0 saturated heterocycles. The number of ether oxygens (including phenoxy) is 2. The fraction of sp³-hybridized carbons (Fsp3) is 0.512. The second-order valence-electron chi connectivity index (χ2n) is 15.3. The number of nitrogens with one attached hydrogen (secondary N) is 4. The zero-order valence-corrected chi connectivity index (χ0v) is 32.7. The van der Waals surface area contributed by atoms with Gasteiger partial charge < -0.3 is 35.6 Å². The molecule has 1 aliphatic carbocycles. The van der Waals surface area contributed by atoms with Crippen LogP contribution >= 0.6 is 0 Å². The summed E-state index contributed by atoms with van der Waals surface area (Å²) < 4.78 is 13.0. The standard InChI is InChI=1S/C41H55N7O7/c1-25(2)17-32-24-55-34-15-11-30(12-16-34)19-35(44-38(50)23-48-27(4)18-26(3)46-48)40(52)45-36(20-29-9-13-33(54-6)14-10-29)39(51)42-28(5)41(53)47(21-31-7-8-31)22-37(49)43-32/h9-16,18,25,28,31-32,35-36H,7-8,17,19-24H2,1-6H3,(H,42,51)(H,43,49)(H,44,50)(H,45,52)/t28-,32+,35+,36+/m1/s1. The van der Waals surface area contributed by atoms with Crippen molar-refractivity contribution in [2.24, 2.45) is 11.8 Å². The molecule has 3 aromatic rings. The largest absolute Gasteiger partial charge is 0.497 e. The number of amides is 5. The van der Waals surface area contributed by atoms with E-state index in [0.29, 0.717) is 30.4 Å². The van der Waals surface area contributed by atoms with Crippen LogP contribution < -0.4 is 30.7 Å². The van der Waals surface area contributed by atoms with E-state index in [1.807, 2.05) is 32.0 Å². The summed E-state index contributed by atoms with van der Waals surface area (Å²) in [6, 6.07) is 12.7. The smallest absolute Gasteiger partial charge is 0.245 e. The van der Waals surface area contributed by atoms with Crippen LogP contribution in [0, 0.1) is 25.7 Å². The number of rotatable bonds is 10. The van der Waals surface area contributed by atoms with E-state index in [-0.39, 0.29) is 50.4 Å². The topological polar surface area (TPSA) is 173 Å². The van der Waals surface area contributed by atoms with E-state index < -0.39 is 41.8 Å². The highest BCUT2D eigenvalue weighted by atomic mass is 16.5. The van der Waals surface area contributed by atoms with Gasteiger partial charge in [-0.3, -0.25) is 28.7 Å². The molecule has 3 heterocycles. The number of nitrogens with zero attached hydrogens (tertiary/aromatic N) is 3. The van der Waals surface area contributed by atoms with Crippen molar-refractivity contribution in [1.82, 2.24) is 35.9 Å². The molecule has 0 radical (unpaired) electrons. The van der Waals surface area contributed by atoms with Crippen LogP contribution in [0.3, 0.4) is 0 Å². The van der Waals surface area contributed by atoms with E-state index in [1.54, 1.807) is 55.1 Å². The normalized spacial score (nSPS) is 21.7. The minimum absolute atomic E-state index is 0.0897. The molecule has 1 aromatic heterocycles. The van der Waals surface area contributed by atoms with Gasteiger partial charge in [0, 0.05) is 25.1 Å². The highest BCUT2D eigenvalue weighted by molar-refractivity contribution is 5.95. The first-order valence-electron chi connectivity index (χ1n) is 19.1. The van der Waals surface area contributed by atoms with Crippen LogP contribution in [0.1, 0.15) is 62.5 Å². The Morgan fingerprint density at radius 1 is 0.982 bits per heavy atom. The molecule has 6 rings (SSSR count). The molecule has 2 bridgehead atoms. The van der Waals surface area contributed by atoms with Gasteiger partial charge in [0.25, 0.3) is 0 Å². The van der Waals surface area contributed by atoms with Gasteiger partial charge >= 0.3 is 0 Å². The summed E-state index contributed by atoms with van der Waals surface area (Å²) in [7, 11) is 1.56. The van der Waals surface area contributed by atoms with Gasteiger partial charge in [0.2, 0.25) is 29.5 Å². The first kappa shape index (κ1) is 40.8. The molecule has 0 spiro atoms. The molecular weight excluding hydrogens is 702 g/mol. The molecule has 1 saturated carbocycles. The monoisotopic (exact) mass is 757 g/mol. The van der Waals surface area contributed by atoms with Crippen LogP contribution in [0.5, 0.6) is 11.5 Å². The van der Waals surface area contributed by atoms with Crippen LogP contribution in [-0.2, 0) is 43.4 Å². The van der Waals surface area contributed by atoms with Crippen molar-refractivity contribution in [2.45, 2.75) is 97.4 Å². The number of hydrogen-bond acceptors (Lipinski definition) is 8. The van der Waals surface area contributed by atoms with Crippen molar-refractivity contribution in [3.8, 4) is 11.5 Å². The SMILES string of the molecule is COc1ccc(C[C@@H]2NC(=O)[C@@H](NC(=O)Cn3nc(C)cc3C)Cc3ccc(cc3)OC[C@H](CC(C)C)NC(=O)CN(CC3CC3)C(=O)[C@@H](C)NC2=O)cc1. The summed E-state index contributed by atoms with van der Waals surface area (Å²) in [6.45, 7) is 9.75. The molecular formula is C41H55N7O7. The first-order valence-corrected chi connectivity index (χ1v) is 19.1. The number of benzene rings is 2. The van der Waals surface area contributed by atoms with E-state index >= 15 is 0 Å². The number of fused-ring (bicyclic) bond motifs is 17. The predicted octanol–water partition coefficient (Wildman–Crippen LogP) is 2.63. The third-order valence-corrected chi connectivity index (χ3v) is 9.77. The average Bonchev–Trinajstić information content (AvgIpc) is 3.90. The molecule has 55 heavy (non-hydrogen) atoms. The van der Waals surface area contributed by atoms with Crippen LogP contribution in [-0.4, -0.2) is 95.2 Å². The van der Waals surface area contributed by atoms with Crippen molar-refractivity contribution in [2.75, 3.05) is 26.8 Å². The highest BCUT2D eigenvalue weighted by Crippen LogP contribution is 2.30. The van der Waals surface area contributed by atoms with Gasteiger partial charge in [0.15, 0.2) is 0 Å². The maximum Gasteiger partial charge on any atom is 0.245 e. The van der Waals surface area contributed by atoms with Gasteiger partial charge in [-0.05, 0) is 93.3 Å². The van der Waals surface area contributed by atoms with Crippen LogP contribution in [0.25, 0.3) is 0 Å². The maximum absolute atomic E-state index is 14.2. The average molecular weight is 758 g/mol. The molecule has 14 heteroatoms. The van der Waals surface area contributed by atoms with Crippen molar-refractivity contribution in [3.63, 3.8) is 0 Å². The van der Waals surface area contributed by atoms with Crippen molar-refractivity contribution >= 4 is 29.5 Å². The molecule has 4 N–H and O–H groups in total. The zero-order valence-electron chi connectivity index (χ0n) is 32.7. The third kappa shape index (κ3) is 12.3. The Labute approximate surface area is 323 Å². The zero-order chi connectivity index (χ0) is 39.6. The number of carbonyl (C=O) groups is 5. The van der Waals surface area contributed by atoms with E-state index in [0.717, 1.165) is 35.4 Å². The predicted molar refractivity (Wildman–Crippen MR) is 206 cm³/mol. The van der Waals surface area contributed by atoms with Crippen LogP contribution in [0.2, 0.25) is 0 Å². The van der Waals surface area contributed by atoms with Gasteiger partial charge in [-0.1, -0.05) is 38.1 Å². The summed E-state index contributed by atoms with van der Waals surface area (Å²) in [5.41, 5.74) is 3.04. The molecule has 296 valence electrons. The van der Waals surface area contributed by atoms with Gasteiger partial charge in [0.05, 0.1) is 25.4 Å². The minimum atomic E-state index is -1.12. The lowest BCUT2D eigenvalue weighted by atomic mass is 10.0. The van der Waals surface area contributed by atoms with E-state index in [2.05, 4.69) is 40.2 Å². The summed E-state index contributed by atoms with van der Waals surface area (Å²) in [4.78, 5) is 70.5. The Hall–Kier alpha value is -5.40. The molecule has 3 aliphatic rings. The van der Waals surface area contributed by atoms with E-state index in [9.17, 15) is 24.0 Å². The van der Waals surface area contributed by atoms with Gasteiger partial charge in [-0.2, -0.15) is 5.10 Å². The first-order chi connectivity index (χ1) is 26.3. The lowest BCUT2D eigenvalue weighted by Gasteiger charge is -2.29. The van der Waals surface area contributed by atoms with Crippen molar-refractivity contribution in [3.05, 3.63) is 77.1 Å². The van der Waals surface area contributed by atoms with Gasteiger partial charge in [-0.15, -0.1) is 0 Å². The summed E-state index contributed by atoms with van der Waals surface area (Å²) in [6.07, 6.45) is 2.79. The second kappa shape index (κ2) is 18.8. The molecule has 2 aliphatic heterocycles. The van der Waals surface area contributed by atoms with E-state index in [4.69, 9.17) is 9.47 Å². The molecule has 1 fully saturated rings. The lowest BCUT2D eigenvalue weighted by Crippen LogP contribution is -2.58. The maximum atomic E-state index is 14.2. The Morgan fingerprint density at radius 3 is 2.31 bits per heavy atom. The summed E-state index contributed by atoms with van der Waals surface area (Å²) in [5, 5.41) is 16.0. The minimum Gasteiger partial charge on any atom is -0.497 e. The number of aromatic nitrogens is 2. The van der Waals surface area contributed by atoms with Crippen molar-refractivity contribution in [1.29, 1.82) is 0 Å². The molecule has 14 nitrogen and oxygen atoms in total. The van der Waals surface area contributed by atoms with E-state index in [1.165, 1.54) is 4.90 Å². The Balaban J connectivity index is 1.46. The molecule has 4 atom stereocenters. The second-order valence-corrected chi connectivity index (χ2v) is 15.3. The number of aryl methyl sites for hydroxylation is 2. The van der Waals surface area contributed by atoms with Crippen LogP contribution in [0.4, 0.5) is 0 Å². The Bertz CT molecular complexity index is 1800. The number of methoxy groups -OCH3 is 1. The molecule has 0 unspecified atom stereocenters. The van der Waals surface area contributed by atoms with Crippen LogP contribution in [0.15, 0.2) is 54.6 Å². The number of carbonyl (C=O) groups excluding carboxylic acids is 5. The van der Waals surface area contributed by atoms with Gasteiger partial charge in [-0.25, -0.2) is 0 Å². The summed E-state index contributed by atoms with van der Waals surface area (Å²) in [5.74, 6) is -0.521. The fourth-order valence-corrected chi connectivity index (χ4v) is 6.73. The van der Waals surface area contributed by atoms with Crippen molar-refractivity contribution < 1.29 is 33.4 Å². The number of hydrogen-bond donors (Lipinski definition) is 4. The third-order valence-electron chi connectivity index (χ3n) is 9.77. The molecule has 2 aromatic carbocycles. The summed E-state index contributed by atoms with van der Waals surface area (Å²) >= 11 is 0.